The molecule has 0 fully saturated rings. The Morgan fingerprint density at radius 3 is 2.30 bits per heavy atom. The molecule has 0 aliphatic heterocycles. The predicted molar refractivity (Wildman–Crippen MR) is 81.4 cm³/mol. The van der Waals surface area contributed by atoms with Gasteiger partial charge in [-0.3, -0.25) is 0 Å². The molecule has 0 radical (unpaired) electrons. The minimum absolute atomic E-state index is 0.464. The van der Waals surface area contributed by atoms with E-state index in [1.165, 1.54) is 11.8 Å². The first-order valence-corrected chi connectivity index (χ1v) is 7.72. The van der Waals surface area contributed by atoms with E-state index in [0.717, 1.165) is 40.6 Å². The zero-order chi connectivity index (χ0) is 14.7. The molecule has 2 rings (SSSR count). The molecule has 2 aromatic rings. The third-order valence-corrected chi connectivity index (χ3v) is 3.98. The van der Waals surface area contributed by atoms with E-state index in [4.69, 9.17) is 11.6 Å². The lowest BCUT2D eigenvalue weighted by Gasteiger charge is -2.07. The van der Waals surface area contributed by atoms with Crippen LogP contribution in [0.5, 0.6) is 0 Å². The summed E-state index contributed by atoms with van der Waals surface area (Å²) in [4.78, 5) is 17.7. The first-order chi connectivity index (χ1) is 9.49. The van der Waals surface area contributed by atoms with Crippen molar-refractivity contribution in [3.63, 3.8) is 0 Å². The van der Waals surface area contributed by atoms with Crippen molar-refractivity contribution in [1.82, 2.24) is 19.9 Å². The molecule has 106 valence electrons. The van der Waals surface area contributed by atoms with Crippen LogP contribution >= 0.6 is 23.4 Å². The lowest BCUT2D eigenvalue weighted by Crippen LogP contribution is -2.00. The largest absolute Gasteiger partial charge is 0.227 e. The minimum atomic E-state index is 0.464. The molecule has 0 amide bonds. The summed E-state index contributed by atoms with van der Waals surface area (Å²) < 4.78 is 0. The summed E-state index contributed by atoms with van der Waals surface area (Å²) in [6.07, 6.45) is 1.81. The molecule has 6 heteroatoms. The van der Waals surface area contributed by atoms with Gasteiger partial charge < -0.3 is 0 Å². The van der Waals surface area contributed by atoms with Crippen molar-refractivity contribution in [2.24, 2.45) is 0 Å². The highest BCUT2D eigenvalue weighted by Gasteiger charge is 2.09. The Morgan fingerprint density at radius 1 is 1.05 bits per heavy atom. The van der Waals surface area contributed by atoms with Gasteiger partial charge in [-0.15, -0.1) is 0 Å². The van der Waals surface area contributed by atoms with Gasteiger partial charge in [0, 0.05) is 23.9 Å². The number of nitrogens with zero attached hydrogens (tertiary/aromatic N) is 4. The molecule has 0 bridgehead atoms. The minimum Gasteiger partial charge on any atom is -0.227 e. The van der Waals surface area contributed by atoms with Gasteiger partial charge >= 0.3 is 0 Å². The fraction of sp³-hybridized carbons (Fsp3) is 0.429. The zero-order valence-corrected chi connectivity index (χ0v) is 13.6. The van der Waals surface area contributed by atoms with Gasteiger partial charge in [-0.05, 0) is 44.5 Å². The summed E-state index contributed by atoms with van der Waals surface area (Å²) in [7, 11) is 0. The van der Waals surface area contributed by atoms with Crippen LogP contribution in [0.15, 0.2) is 16.2 Å². The van der Waals surface area contributed by atoms with Crippen LogP contribution in [0.2, 0.25) is 5.15 Å². The standard InChI is InChI=1S/C14H17ClN4S/c1-5-6-12-18-11(15)7-13(19-12)20-14-16-9(3)8(2)10(4)17-14/h7H,5-6H2,1-4H3. The topological polar surface area (TPSA) is 51.6 Å². The van der Waals surface area contributed by atoms with E-state index in [1.54, 1.807) is 6.07 Å². The first kappa shape index (κ1) is 15.2. The number of rotatable bonds is 4. The Bertz CT molecular complexity index is 608. The van der Waals surface area contributed by atoms with Crippen LogP contribution in [-0.4, -0.2) is 19.9 Å². The van der Waals surface area contributed by atoms with Crippen molar-refractivity contribution >= 4 is 23.4 Å². The summed E-state index contributed by atoms with van der Waals surface area (Å²) in [5.41, 5.74) is 3.12. The summed E-state index contributed by atoms with van der Waals surface area (Å²) in [6.45, 7) is 8.10. The van der Waals surface area contributed by atoms with Crippen LogP contribution in [0.4, 0.5) is 0 Å². The van der Waals surface area contributed by atoms with Gasteiger partial charge in [-0.1, -0.05) is 18.5 Å². The molecular weight excluding hydrogens is 292 g/mol. The van der Waals surface area contributed by atoms with Crippen molar-refractivity contribution < 1.29 is 0 Å². The molecular formula is C14H17ClN4S. The fourth-order valence-electron chi connectivity index (χ4n) is 1.71. The van der Waals surface area contributed by atoms with Crippen molar-refractivity contribution in [3.05, 3.63) is 34.0 Å². The molecule has 0 aliphatic rings. The average Bonchev–Trinajstić information content (AvgIpc) is 2.35. The lowest BCUT2D eigenvalue weighted by molar-refractivity contribution is 0.807. The van der Waals surface area contributed by atoms with Crippen LogP contribution in [0.1, 0.15) is 36.1 Å². The van der Waals surface area contributed by atoms with E-state index < -0.39 is 0 Å². The van der Waals surface area contributed by atoms with Gasteiger partial charge in [-0.2, -0.15) is 0 Å². The zero-order valence-electron chi connectivity index (χ0n) is 12.1. The molecule has 0 aliphatic carbocycles. The maximum atomic E-state index is 6.03. The second-order valence-corrected chi connectivity index (χ2v) is 5.97. The Kier molecular flexibility index (Phi) is 4.94. The lowest BCUT2D eigenvalue weighted by atomic mass is 10.2. The van der Waals surface area contributed by atoms with E-state index in [1.807, 2.05) is 20.8 Å². The second kappa shape index (κ2) is 6.50. The van der Waals surface area contributed by atoms with Gasteiger partial charge in [0.15, 0.2) is 5.16 Å². The van der Waals surface area contributed by atoms with Crippen LogP contribution in [0, 0.1) is 20.8 Å². The average molecular weight is 309 g/mol. The quantitative estimate of drug-likeness (QED) is 0.632. The SMILES string of the molecule is CCCc1nc(Cl)cc(Sc2nc(C)c(C)c(C)n2)n1. The third kappa shape index (κ3) is 3.67. The molecule has 0 saturated heterocycles. The smallest absolute Gasteiger partial charge is 0.194 e. The van der Waals surface area contributed by atoms with Gasteiger partial charge in [0.25, 0.3) is 0 Å². The van der Waals surface area contributed by atoms with Gasteiger partial charge in [0.05, 0.1) is 0 Å². The van der Waals surface area contributed by atoms with Crippen LogP contribution < -0.4 is 0 Å². The Hall–Kier alpha value is -1.20. The molecule has 0 spiro atoms. The fourth-order valence-corrected chi connectivity index (χ4v) is 2.85. The second-order valence-electron chi connectivity index (χ2n) is 4.60. The van der Waals surface area contributed by atoms with E-state index in [-0.39, 0.29) is 0 Å². The molecule has 0 atom stereocenters. The maximum absolute atomic E-state index is 6.03. The Labute approximate surface area is 128 Å². The van der Waals surface area contributed by atoms with Crippen LogP contribution in [0.3, 0.4) is 0 Å². The van der Waals surface area contributed by atoms with Crippen molar-refractivity contribution in [2.75, 3.05) is 0 Å². The van der Waals surface area contributed by atoms with Crippen molar-refractivity contribution in [3.8, 4) is 0 Å². The number of hydrogen-bond acceptors (Lipinski definition) is 5. The molecule has 2 heterocycles. The highest BCUT2D eigenvalue weighted by molar-refractivity contribution is 7.99. The Balaban J connectivity index is 2.30. The number of aromatic nitrogens is 4. The first-order valence-electron chi connectivity index (χ1n) is 6.52. The molecule has 0 unspecified atom stereocenters. The molecule has 4 nitrogen and oxygen atoms in total. The van der Waals surface area contributed by atoms with E-state index in [0.29, 0.717) is 10.3 Å². The normalized spacial score (nSPS) is 10.8. The number of aryl methyl sites for hydroxylation is 3. The van der Waals surface area contributed by atoms with E-state index in [9.17, 15) is 0 Å². The van der Waals surface area contributed by atoms with Crippen LogP contribution in [0.25, 0.3) is 0 Å². The van der Waals surface area contributed by atoms with Crippen molar-refractivity contribution in [2.45, 2.75) is 50.7 Å². The summed E-state index contributed by atoms with van der Waals surface area (Å²) in [5.74, 6) is 0.767. The molecule has 2 aromatic heterocycles. The van der Waals surface area contributed by atoms with Gasteiger partial charge in [-0.25, -0.2) is 19.9 Å². The van der Waals surface area contributed by atoms with Crippen molar-refractivity contribution in [1.29, 1.82) is 0 Å². The summed E-state index contributed by atoms with van der Waals surface area (Å²) in [5, 5.41) is 1.95. The molecule has 0 saturated carbocycles. The predicted octanol–water partition coefficient (Wildman–Crippen LogP) is 3.95. The molecule has 0 aromatic carbocycles. The van der Waals surface area contributed by atoms with Gasteiger partial charge in [0.2, 0.25) is 0 Å². The number of halogens is 1. The summed E-state index contributed by atoms with van der Waals surface area (Å²) in [6, 6.07) is 1.75. The Morgan fingerprint density at radius 2 is 1.70 bits per heavy atom. The highest BCUT2D eigenvalue weighted by Crippen LogP contribution is 2.26. The van der Waals surface area contributed by atoms with E-state index in [2.05, 4.69) is 26.9 Å². The number of hydrogen-bond donors (Lipinski definition) is 0. The molecule has 0 N–H and O–H groups in total. The maximum Gasteiger partial charge on any atom is 0.194 e. The van der Waals surface area contributed by atoms with Crippen LogP contribution in [-0.2, 0) is 6.42 Å². The van der Waals surface area contributed by atoms with Gasteiger partial charge in [0.1, 0.15) is 16.0 Å². The highest BCUT2D eigenvalue weighted by atomic mass is 35.5. The third-order valence-electron chi connectivity index (χ3n) is 3.00. The summed E-state index contributed by atoms with van der Waals surface area (Å²) >= 11 is 7.46. The monoisotopic (exact) mass is 308 g/mol. The van der Waals surface area contributed by atoms with E-state index >= 15 is 0 Å². The molecule has 20 heavy (non-hydrogen) atoms.